The van der Waals surface area contributed by atoms with Crippen LogP contribution in [0.2, 0.25) is 0 Å². The first-order valence-electron chi connectivity index (χ1n) is 12.9. The van der Waals surface area contributed by atoms with Crippen molar-refractivity contribution in [3.05, 3.63) is 35.5 Å². The molecule has 4 N–H and O–H groups in total. The highest BCUT2D eigenvalue weighted by molar-refractivity contribution is 5.86. The molecule has 0 aliphatic carbocycles. The van der Waals surface area contributed by atoms with Crippen molar-refractivity contribution in [3.63, 3.8) is 0 Å². The van der Waals surface area contributed by atoms with Crippen LogP contribution >= 0.6 is 0 Å². The van der Waals surface area contributed by atoms with E-state index in [-0.39, 0.29) is 12.6 Å². The lowest BCUT2D eigenvalue weighted by Gasteiger charge is -2.29. The van der Waals surface area contributed by atoms with E-state index in [9.17, 15) is 5.11 Å². The zero-order chi connectivity index (χ0) is 25.5. The molecule has 0 radical (unpaired) electrons. The lowest BCUT2D eigenvalue weighted by molar-refractivity contribution is 0.0386. The minimum absolute atomic E-state index is 0.0294. The van der Waals surface area contributed by atoms with E-state index in [4.69, 9.17) is 20.3 Å². The maximum absolute atomic E-state index is 9.58. The maximum atomic E-state index is 9.58. The zero-order valence-corrected chi connectivity index (χ0v) is 21.6. The molecule has 0 saturated carbocycles. The van der Waals surface area contributed by atoms with Gasteiger partial charge in [0, 0.05) is 37.8 Å². The largest absolute Gasteiger partial charge is 0.496 e. The number of fused-ring (bicyclic) bond motifs is 1. The lowest BCUT2D eigenvalue weighted by atomic mass is 9.97. The lowest BCUT2D eigenvalue weighted by Crippen LogP contribution is -2.40. The minimum Gasteiger partial charge on any atom is -0.496 e. The van der Waals surface area contributed by atoms with Gasteiger partial charge in [0.25, 0.3) is 0 Å². The Labute approximate surface area is 212 Å². The number of methoxy groups -OCH3 is 1. The molecule has 2 atom stereocenters. The average Bonchev–Trinajstić information content (AvgIpc) is 3.28. The number of aliphatic hydroxyl groups excluding tert-OH is 1. The molecule has 1 aliphatic heterocycles. The van der Waals surface area contributed by atoms with E-state index in [0.717, 1.165) is 56.9 Å². The zero-order valence-electron chi connectivity index (χ0n) is 21.6. The number of ether oxygens (including phenoxy) is 2. The molecular formula is C26H39N7O3. The Bertz CT molecular complexity index is 1140. The molecule has 0 spiro atoms. The number of nitrogens with one attached hydrogen (secondary N) is 1. The van der Waals surface area contributed by atoms with Crippen LogP contribution in [0.3, 0.4) is 0 Å². The third-order valence-electron chi connectivity index (χ3n) is 6.75. The van der Waals surface area contributed by atoms with Crippen LogP contribution in [-0.2, 0) is 17.8 Å². The first-order chi connectivity index (χ1) is 17.5. The SMILES string of the molecule is CCCCN(CCO)c1nc(N)nc2cn(Cc3ccc(CN[C@H]4CCOC[C@H]4C)cc3OC)nc12. The topological polar surface area (TPSA) is 124 Å². The van der Waals surface area contributed by atoms with Crippen molar-refractivity contribution in [2.45, 2.75) is 52.2 Å². The number of benzene rings is 1. The summed E-state index contributed by atoms with van der Waals surface area (Å²) in [5, 5.41) is 18.0. The van der Waals surface area contributed by atoms with Crippen LogP contribution < -0.4 is 20.7 Å². The van der Waals surface area contributed by atoms with E-state index in [1.165, 1.54) is 5.56 Å². The van der Waals surface area contributed by atoms with Gasteiger partial charge in [-0.05, 0) is 30.4 Å². The number of nitrogens with zero attached hydrogens (tertiary/aromatic N) is 5. The molecule has 0 amide bonds. The van der Waals surface area contributed by atoms with E-state index >= 15 is 0 Å². The van der Waals surface area contributed by atoms with Crippen LogP contribution in [0, 0.1) is 5.92 Å². The number of hydrogen-bond acceptors (Lipinski definition) is 9. The molecule has 4 rings (SSSR count). The highest BCUT2D eigenvalue weighted by Crippen LogP contribution is 2.26. The molecule has 36 heavy (non-hydrogen) atoms. The fraction of sp³-hybridized carbons (Fsp3) is 0.577. The van der Waals surface area contributed by atoms with Crippen molar-refractivity contribution in [3.8, 4) is 5.75 Å². The highest BCUT2D eigenvalue weighted by Gasteiger charge is 2.21. The van der Waals surface area contributed by atoms with E-state index in [0.29, 0.717) is 41.9 Å². The fourth-order valence-electron chi connectivity index (χ4n) is 4.69. The second kappa shape index (κ2) is 12.3. The Balaban J connectivity index is 1.53. The third kappa shape index (κ3) is 6.24. The molecule has 3 heterocycles. The Morgan fingerprint density at radius 2 is 2.17 bits per heavy atom. The molecule has 0 bridgehead atoms. The Morgan fingerprint density at radius 3 is 2.92 bits per heavy atom. The van der Waals surface area contributed by atoms with Crippen LogP contribution in [0.15, 0.2) is 24.4 Å². The molecular weight excluding hydrogens is 458 g/mol. The van der Waals surface area contributed by atoms with Crippen LogP contribution in [0.1, 0.15) is 44.2 Å². The van der Waals surface area contributed by atoms with Crippen LogP contribution in [0.4, 0.5) is 11.8 Å². The first kappa shape index (κ1) is 26.1. The van der Waals surface area contributed by atoms with Crippen LogP contribution in [0.5, 0.6) is 5.75 Å². The molecule has 10 nitrogen and oxygen atoms in total. The predicted octanol–water partition coefficient (Wildman–Crippen LogP) is 2.58. The van der Waals surface area contributed by atoms with Gasteiger partial charge in [-0.2, -0.15) is 10.1 Å². The van der Waals surface area contributed by atoms with Crippen molar-refractivity contribution in [1.29, 1.82) is 0 Å². The van der Waals surface area contributed by atoms with E-state index in [1.807, 2.05) is 15.8 Å². The van der Waals surface area contributed by atoms with Crippen LogP contribution in [0.25, 0.3) is 11.0 Å². The molecule has 0 unspecified atom stereocenters. The summed E-state index contributed by atoms with van der Waals surface area (Å²) in [5.41, 5.74) is 9.58. The maximum Gasteiger partial charge on any atom is 0.222 e. The van der Waals surface area contributed by atoms with Crippen LogP contribution in [-0.4, -0.2) is 70.9 Å². The second-order valence-electron chi connectivity index (χ2n) is 9.50. The minimum atomic E-state index is 0.0294. The number of unbranched alkanes of at least 4 members (excludes halogenated alkanes) is 1. The van der Waals surface area contributed by atoms with Gasteiger partial charge in [0.15, 0.2) is 11.3 Å². The molecule has 1 saturated heterocycles. The fourth-order valence-corrected chi connectivity index (χ4v) is 4.69. The summed E-state index contributed by atoms with van der Waals surface area (Å²) in [5.74, 6) is 2.19. The van der Waals surface area contributed by atoms with Gasteiger partial charge >= 0.3 is 0 Å². The van der Waals surface area contributed by atoms with Gasteiger partial charge in [-0.25, -0.2) is 4.98 Å². The summed E-state index contributed by atoms with van der Waals surface area (Å²) >= 11 is 0. The highest BCUT2D eigenvalue weighted by atomic mass is 16.5. The van der Waals surface area contributed by atoms with Crippen molar-refractivity contribution in [2.75, 3.05) is 50.7 Å². The van der Waals surface area contributed by atoms with Gasteiger partial charge in [-0.15, -0.1) is 0 Å². The first-order valence-corrected chi connectivity index (χ1v) is 12.9. The van der Waals surface area contributed by atoms with Gasteiger partial charge in [0.05, 0.1) is 33.1 Å². The summed E-state index contributed by atoms with van der Waals surface area (Å²) in [7, 11) is 1.70. The monoisotopic (exact) mass is 497 g/mol. The second-order valence-corrected chi connectivity index (χ2v) is 9.50. The number of nitrogen functional groups attached to an aromatic ring is 1. The molecule has 3 aromatic rings. The van der Waals surface area contributed by atoms with Crippen molar-refractivity contribution in [1.82, 2.24) is 25.1 Å². The normalized spacial score (nSPS) is 18.0. The molecule has 1 aliphatic rings. The van der Waals surface area contributed by atoms with Crippen molar-refractivity contribution in [2.24, 2.45) is 5.92 Å². The summed E-state index contributed by atoms with van der Waals surface area (Å²) in [4.78, 5) is 10.9. The van der Waals surface area contributed by atoms with Crippen molar-refractivity contribution >= 4 is 22.8 Å². The van der Waals surface area contributed by atoms with E-state index in [1.54, 1.807) is 7.11 Å². The Morgan fingerprint density at radius 1 is 1.31 bits per heavy atom. The number of hydrogen-bond donors (Lipinski definition) is 3. The standard InChI is InChI=1S/C26H39N7O3/c1-4-5-9-32(10-11-34)25-24-22(29-26(27)30-25)16-33(31-24)15-20-7-6-19(13-23(20)35-3)14-28-21-8-12-36-17-18(21)2/h6-7,13,16,18,21,28,34H,4-5,8-12,14-15,17H2,1-3H3,(H2,27,29)/t18-,21+/m1/s1. The number of aromatic nitrogens is 4. The van der Waals surface area contributed by atoms with Gasteiger partial charge in [-0.1, -0.05) is 32.4 Å². The third-order valence-corrected chi connectivity index (χ3v) is 6.75. The number of anilines is 2. The molecule has 10 heteroatoms. The number of nitrogens with two attached hydrogens (primary N) is 1. The quantitative estimate of drug-likeness (QED) is 0.346. The summed E-state index contributed by atoms with van der Waals surface area (Å²) in [6.07, 6.45) is 4.94. The summed E-state index contributed by atoms with van der Waals surface area (Å²) in [6, 6.07) is 6.78. The van der Waals surface area contributed by atoms with Gasteiger partial charge in [0.2, 0.25) is 5.95 Å². The van der Waals surface area contributed by atoms with Gasteiger partial charge < -0.3 is 30.5 Å². The van der Waals surface area contributed by atoms with E-state index < -0.39 is 0 Å². The van der Waals surface area contributed by atoms with E-state index in [2.05, 4.69) is 47.3 Å². The van der Waals surface area contributed by atoms with Crippen molar-refractivity contribution < 1.29 is 14.6 Å². The molecule has 1 fully saturated rings. The Kier molecular flexibility index (Phi) is 8.95. The average molecular weight is 498 g/mol. The van der Waals surface area contributed by atoms with Gasteiger partial charge in [-0.3, -0.25) is 4.68 Å². The summed E-state index contributed by atoms with van der Waals surface area (Å²) < 4.78 is 13.1. The van der Waals surface area contributed by atoms with Gasteiger partial charge in [0.1, 0.15) is 11.3 Å². The predicted molar refractivity (Wildman–Crippen MR) is 141 cm³/mol. The molecule has 196 valence electrons. The smallest absolute Gasteiger partial charge is 0.222 e. The molecule has 1 aromatic carbocycles. The Hall–Kier alpha value is -2.95. The number of rotatable bonds is 12. The summed E-state index contributed by atoms with van der Waals surface area (Å²) in [6.45, 7) is 8.57. The number of aliphatic hydroxyl groups is 1. The molecule has 2 aromatic heterocycles.